The van der Waals surface area contributed by atoms with Crippen LogP contribution in [0.4, 0.5) is 0 Å². The lowest BCUT2D eigenvalue weighted by atomic mass is 10.3. The van der Waals surface area contributed by atoms with Crippen LogP contribution < -0.4 is 16.3 Å². The van der Waals surface area contributed by atoms with Crippen LogP contribution in [-0.4, -0.2) is 32.9 Å². The summed E-state index contributed by atoms with van der Waals surface area (Å²) in [6, 6.07) is 1.64. The van der Waals surface area contributed by atoms with Crippen molar-refractivity contribution in [1.82, 2.24) is 14.5 Å². The summed E-state index contributed by atoms with van der Waals surface area (Å²) in [7, 11) is 0. The normalized spacial score (nSPS) is 11.9. The highest BCUT2D eigenvalue weighted by molar-refractivity contribution is 7.16. The number of aryl methyl sites for hydroxylation is 2. The van der Waals surface area contributed by atoms with Gasteiger partial charge in [-0.1, -0.05) is 30.4 Å². The van der Waals surface area contributed by atoms with Crippen molar-refractivity contribution in [1.29, 1.82) is 0 Å². The highest BCUT2D eigenvalue weighted by atomic mass is 35.5. The molecular weight excluding hydrogens is 416 g/mol. The number of rotatable bonds is 6. The Morgan fingerprint density at radius 3 is 2.79 bits per heavy atom. The third kappa shape index (κ3) is 4.78. The molecule has 29 heavy (non-hydrogen) atoms. The minimum Gasteiger partial charge on any atom is -0.435 e. The number of thiazole rings is 1. The molecule has 3 rings (SSSR count). The van der Waals surface area contributed by atoms with Gasteiger partial charge in [0.15, 0.2) is 16.3 Å². The van der Waals surface area contributed by atoms with Gasteiger partial charge < -0.3 is 15.9 Å². The van der Waals surface area contributed by atoms with Gasteiger partial charge in [0.1, 0.15) is 0 Å². The second-order valence-corrected chi connectivity index (χ2v) is 6.90. The van der Waals surface area contributed by atoms with E-state index in [1.165, 1.54) is 17.5 Å². The maximum atomic E-state index is 12.7. The molecule has 0 saturated carbocycles. The molecule has 154 valence electrons. The molecule has 11 heteroatoms. The van der Waals surface area contributed by atoms with E-state index in [9.17, 15) is 9.59 Å². The fourth-order valence-electron chi connectivity index (χ4n) is 2.63. The molecule has 0 unspecified atom stereocenters. The number of carbonyl (C=O) groups excluding carboxylic acids is 2. The molecule has 0 bridgehead atoms. The summed E-state index contributed by atoms with van der Waals surface area (Å²) in [6.45, 7) is 4.38. The number of allylic oxidation sites excluding steroid dienone is 1. The molecule has 0 aromatic carbocycles. The number of carbonyl (C=O) groups is 2. The second-order valence-electron chi connectivity index (χ2n) is 5.89. The van der Waals surface area contributed by atoms with Crippen LogP contribution in [0.1, 0.15) is 39.4 Å². The van der Waals surface area contributed by atoms with Crippen molar-refractivity contribution in [2.24, 2.45) is 16.5 Å². The molecule has 0 aliphatic rings. The van der Waals surface area contributed by atoms with Gasteiger partial charge in [-0.2, -0.15) is 4.99 Å². The largest absolute Gasteiger partial charge is 0.435 e. The standard InChI is InChI=1S/C18H20N6O3S.ClH/c1-3-12-14(27-10(2)22-12)17(26)23-18-24(7-5-4-6-19)16-13(28-18)8-11(9-21-16)15(20)25;/h4-5,8-9H,3,6-7,19H2,1-2H3,(H2,20,25);1H/b5-4+,23-18-;. The molecule has 0 aliphatic heterocycles. The van der Waals surface area contributed by atoms with Crippen LogP contribution in [-0.2, 0) is 13.0 Å². The Balaban J connectivity index is 0.00000300. The smallest absolute Gasteiger partial charge is 0.317 e. The average molecular weight is 437 g/mol. The zero-order valence-corrected chi connectivity index (χ0v) is 17.5. The fourth-order valence-corrected chi connectivity index (χ4v) is 3.67. The first-order valence-electron chi connectivity index (χ1n) is 8.64. The zero-order valence-electron chi connectivity index (χ0n) is 15.9. The summed E-state index contributed by atoms with van der Waals surface area (Å²) >= 11 is 1.23. The predicted octanol–water partition coefficient (Wildman–Crippen LogP) is 1.73. The SMILES string of the molecule is CCc1nc(C)oc1C(=O)/N=c1\sc2cc(C(N)=O)cnc2n1C/C=C/CN.Cl. The first kappa shape index (κ1) is 22.5. The average Bonchev–Trinajstić information content (AvgIpc) is 3.21. The van der Waals surface area contributed by atoms with E-state index >= 15 is 0 Å². The maximum Gasteiger partial charge on any atom is 0.317 e. The van der Waals surface area contributed by atoms with E-state index in [1.54, 1.807) is 23.6 Å². The number of hydrogen-bond donors (Lipinski definition) is 2. The van der Waals surface area contributed by atoms with Crippen LogP contribution in [0.15, 0.2) is 33.8 Å². The third-order valence-electron chi connectivity index (χ3n) is 3.93. The minimum atomic E-state index is -0.573. The van der Waals surface area contributed by atoms with Crippen molar-refractivity contribution in [3.63, 3.8) is 0 Å². The first-order valence-corrected chi connectivity index (χ1v) is 9.45. The van der Waals surface area contributed by atoms with Crippen molar-refractivity contribution in [3.05, 3.63) is 52.1 Å². The number of oxazole rings is 1. The molecule has 9 nitrogen and oxygen atoms in total. The van der Waals surface area contributed by atoms with Crippen LogP contribution in [0.5, 0.6) is 0 Å². The Labute approximate surface area is 176 Å². The molecule has 0 aliphatic carbocycles. The molecule has 0 spiro atoms. The summed E-state index contributed by atoms with van der Waals surface area (Å²) in [5, 5.41) is 0. The predicted molar refractivity (Wildman–Crippen MR) is 112 cm³/mol. The molecule has 3 heterocycles. The number of amides is 2. The van der Waals surface area contributed by atoms with Crippen LogP contribution in [0.3, 0.4) is 0 Å². The van der Waals surface area contributed by atoms with E-state index in [-0.39, 0.29) is 23.7 Å². The molecule has 3 aromatic heterocycles. The highest BCUT2D eigenvalue weighted by Crippen LogP contribution is 2.18. The van der Waals surface area contributed by atoms with Crippen LogP contribution >= 0.6 is 23.7 Å². The van der Waals surface area contributed by atoms with Gasteiger partial charge in [0.05, 0.1) is 16.0 Å². The number of halogens is 1. The molecule has 0 fully saturated rings. The summed E-state index contributed by atoms with van der Waals surface area (Å²) in [4.78, 5) is 37.3. The van der Waals surface area contributed by atoms with E-state index in [1.807, 2.05) is 13.0 Å². The van der Waals surface area contributed by atoms with E-state index in [0.717, 1.165) is 0 Å². The quantitative estimate of drug-likeness (QED) is 0.563. The summed E-state index contributed by atoms with van der Waals surface area (Å²) in [5.74, 6) is -0.544. The monoisotopic (exact) mass is 436 g/mol. The van der Waals surface area contributed by atoms with Crippen molar-refractivity contribution >= 4 is 45.9 Å². The zero-order chi connectivity index (χ0) is 20.3. The van der Waals surface area contributed by atoms with Crippen molar-refractivity contribution in [2.75, 3.05) is 6.54 Å². The maximum absolute atomic E-state index is 12.7. The van der Waals surface area contributed by atoms with Gasteiger partial charge in [-0.25, -0.2) is 9.97 Å². The van der Waals surface area contributed by atoms with E-state index in [0.29, 0.717) is 46.2 Å². The van der Waals surface area contributed by atoms with Gasteiger partial charge in [-0.15, -0.1) is 12.4 Å². The minimum absolute atomic E-state index is 0. The number of fused-ring (bicyclic) bond motifs is 1. The molecule has 3 aromatic rings. The van der Waals surface area contributed by atoms with Gasteiger partial charge in [0.25, 0.3) is 0 Å². The van der Waals surface area contributed by atoms with Crippen molar-refractivity contribution in [3.8, 4) is 0 Å². The number of hydrogen-bond acceptors (Lipinski definition) is 7. The second kappa shape index (κ2) is 9.59. The Morgan fingerprint density at radius 1 is 1.38 bits per heavy atom. The molecule has 2 amide bonds. The number of aromatic nitrogens is 3. The van der Waals surface area contributed by atoms with Gasteiger partial charge >= 0.3 is 5.91 Å². The van der Waals surface area contributed by atoms with Crippen molar-refractivity contribution in [2.45, 2.75) is 26.8 Å². The van der Waals surface area contributed by atoms with Crippen LogP contribution in [0.2, 0.25) is 0 Å². The highest BCUT2D eigenvalue weighted by Gasteiger charge is 2.18. The summed E-state index contributed by atoms with van der Waals surface area (Å²) in [5.41, 5.74) is 12.3. The van der Waals surface area contributed by atoms with Gasteiger partial charge in [-0.3, -0.25) is 14.2 Å². The Hall–Kier alpha value is -2.82. The Morgan fingerprint density at radius 2 is 2.14 bits per heavy atom. The number of pyridine rings is 1. The first-order chi connectivity index (χ1) is 13.4. The van der Waals surface area contributed by atoms with E-state index < -0.39 is 11.8 Å². The van der Waals surface area contributed by atoms with Crippen molar-refractivity contribution < 1.29 is 14.0 Å². The number of nitrogens with two attached hydrogens (primary N) is 2. The molecule has 0 atom stereocenters. The van der Waals surface area contributed by atoms with Gasteiger partial charge in [0.2, 0.25) is 11.7 Å². The number of primary amides is 1. The van der Waals surface area contributed by atoms with E-state index in [4.69, 9.17) is 15.9 Å². The topological polar surface area (TPSA) is 142 Å². The van der Waals surface area contributed by atoms with E-state index in [2.05, 4.69) is 15.0 Å². The lowest BCUT2D eigenvalue weighted by Gasteiger charge is -2.01. The summed E-state index contributed by atoms with van der Waals surface area (Å²) < 4.78 is 7.89. The Kier molecular flexibility index (Phi) is 7.43. The fraction of sp³-hybridized carbons (Fsp3) is 0.278. The molecule has 4 N–H and O–H groups in total. The lowest BCUT2D eigenvalue weighted by Crippen LogP contribution is -2.17. The molecule has 0 saturated heterocycles. The Bertz CT molecular complexity index is 1140. The lowest BCUT2D eigenvalue weighted by molar-refractivity contribution is 0.0967. The molecule has 0 radical (unpaired) electrons. The third-order valence-corrected chi connectivity index (χ3v) is 4.94. The number of nitrogens with zero attached hydrogens (tertiary/aromatic N) is 4. The van der Waals surface area contributed by atoms with Crippen LogP contribution in [0.25, 0.3) is 10.3 Å². The van der Waals surface area contributed by atoms with Gasteiger partial charge in [0, 0.05) is 26.2 Å². The summed E-state index contributed by atoms with van der Waals surface area (Å²) in [6.07, 6.45) is 5.62. The molecular formula is C18H21ClN6O3S. The van der Waals surface area contributed by atoms with Gasteiger partial charge in [-0.05, 0) is 12.5 Å². The van der Waals surface area contributed by atoms with Crippen LogP contribution in [0, 0.1) is 6.92 Å².